The predicted octanol–water partition coefficient (Wildman–Crippen LogP) is 3.25. The van der Waals surface area contributed by atoms with Crippen molar-refractivity contribution in [2.75, 3.05) is 5.75 Å². The number of nitrogens with zero attached hydrogens (tertiary/aromatic N) is 1. The third kappa shape index (κ3) is 3.08. The Labute approximate surface area is 101 Å². The van der Waals surface area contributed by atoms with Crippen LogP contribution in [0.2, 0.25) is 0 Å². The van der Waals surface area contributed by atoms with Gasteiger partial charge in [-0.3, -0.25) is 9.78 Å². The first-order valence-corrected chi connectivity index (χ1v) is 6.88. The summed E-state index contributed by atoms with van der Waals surface area (Å²) in [5.41, 5.74) is 1.70. The Morgan fingerprint density at radius 3 is 2.81 bits per heavy atom. The molecule has 0 unspecified atom stereocenters. The molecule has 1 aromatic heterocycles. The van der Waals surface area contributed by atoms with E-state index < -0.39 is 0 Å². The van der Waals surface area contributed by atoms with Gasteiger partial charge in [0.15, 0.2) is 5.78 Å². The smallest absolute Gasteiger partial charge is 0.174 e. The minimum atomic E-state index is 0.212. The number of Topliss-reactive ketones (excluding diaryl/α,β-unsaturated/α-hetero) is 1. The van der Waals surface area contributed by atoms with Crippen LogP contribution in [0.5, 0.6) is 0 Å². The average molecular weight is 235 g/mol. The van der Waals surface area contributed by atoms with Gasteiger partial charge in [-0.05, 0) is 31.9 Å². The van der Waals surface area contributed by atoms with Crippen LogP contribution in [0.25, 0.3) is 0 Å². The molecule has 2 rings (SSSR count). The fourth-order valence-electron chi connectivity index (χ4n) is 1.96. The van der Waals surface area contributed by atoms with Crippen molar-refractivity contribution in [2.45, 2.75) is 37.9 Å². The van der Waals surface area contributed by atoms with E-state index in [9.17, 15) is 4.79 Å². The molecule has 1 aliphatic carbocycles. The number of hydrogen-bond donors (Lipinski definition) is 0. The molecule has 0 atom stereocenters. The number of carbonyl (C=O) groups excluding carboxylic acids is 1. The molecule has 3 heteroatoms. The second-order valence-corrected chi connectivity index (χ2v) is 5.62. The molecule has 0 spiro atoms. The summed E-state index contributed by atoms with van der Waals surface area (Å²) in [7, 11) is 0. The summed E-state index contributed by atoms with van der Waals surface area (Å²) in [4.78, 5) is 16.0. The Balaban J connectivity index is 1.85. The zero-order chi connectivity index (χ0) is 11.4. The Hall–Kier alpha value is -0.830. The van der Waals surface area contributed by atoms with Gasteiger partial charge in [-0.15, -0.1) is 0 Å². The van der Waals surface area contributed by atoms with Gasteiger partial charge in [0.2, 0.25) is 0 Å². The largest absolute Gasteiger partial charge is 0.293 e. The molecule has 0 N–H and O–H groups in total. The minimum Gasteiger partial charge on any atom is -0.293 e. The average Bonchev–Trinajstić information content (AvgIpc) is 2.80. The summed E-state index contributed by atoms with van der Waals surface area (Å²) in [5.74, 6) is 0.819. The molecule has 0 aliphatic heterocycles. The second-order valence-electron chi connectivity index (χ2n) is 4.33. The Bertz CT molecular complexity index is 355. The first kappa shape index (κ1) is 11.6. The van der Waals surface area contributed by atoms with Crippen molar-refractivity contribution in [1.82, 2.24) is 4.98 Å². The number of ketones is 1. The molecule has 1 aliphatic rings. The van der Waals surface area contributed by atoms with Crippen molar-refractivity contribution in [3.05, 3.63) is 29.6 Å². The Morgan fingerprint density at radius 2 is 2.19 bits per heavy atom. The van der Waals surface area contributed by atoms with Gasteiger partial charge in [0.05, 0.1) is 5.75 Å². The zero-order valence-corrected chi connectivity index (χ0v) is 10.4. The highest BCUT2D eigenvalue weighted by atomic mass is 32.2. The lowest BCUT2D eigenvalue weighted by atomic mass is 10.2. The van der Waals surface area contributed by atoms with Gasteiger partial charge in [-0.2, -0.15) is 11.8 Å². The fraction of sp³-hybridized carbons (Fsp3) is 0.538. The summed E-state index contributed by atoms with van der Waals surface area (Å²) < 4.78 is 0. The van der Waals surface area contributed by atoms with Crippen LogP contribution in [0.15, 0.2) is 18.3 Å². The number of hydrogen-bond acceptors (Lipinski definition) is 3. The molecule has 0 saturated heterocycles. The number of aryl methyl sites for hydroxylation is 1. The van der Waals surface area contributed by atoms with E-state index in [4.69, 9.17) is 0 Å². The van der Waals surface area contributed by atoms with Crippen molar-refractivity contribution in [3.63, 3.8) is 0 Å². The van der Waals surface area contributed by atoms with Crippen molar-refractivity contribution < 1.29 is 4.79 Å². The van der Waals surface area contributed by atoms with Gasteiger partial charge < -0.3 is 0 Å². The minimum absolute atomic E-state index is 0.212. The van der Waals surface area contributed by atoms with Crippen LogP contribution >= 0.6 is 11.8 Å². The number of pyridine rings is 1. The van der Waals surface area contributed by atoms with Crippen LogP contribution in [-0.4, -0.2) is 21.8 Å². The van der Waals surface area contributed by atoms with Gasteiger partial charge in [0.25, 0.3) is 0 Å². The first-order chi connectivity index (χ1) is 7.75. The molecule has 0 radical (unpaired) electrons. The maximum Gasteiger partial charge on any atom is 0.174 e. The number of thioether (sulfide) groups is 1. The maximum atomic E-state index is 11.9. The molecule has 1 aromatic rings. The molecule has 1 saturated carbocycles. The molecule has 1 heterocycles. The van der Waals surface area contributed by atoms with E-state index in [1.165, 1.54) is 25.7 Å². The zero-order valence-electron chi connectivity index (χ0n) is 9.61. The van der Waals surface area contributed by atoms with E-state index in [0.717, 1.165) is 11.3 Å². The maximum absolute atomic E-state index is 11.9. The van der Waals surface area contributed by atoms with Crippen LogP contribution in [-0.2, 0) is 0 Å². The molecule has 1 fully saturated rings. The van der Waals surface area contributed by atoms with E-state index >= 15 is 0 Å². The molecule has 0 amide bonds. The SMILES string of the molecule is Cc1ccc(C(=O)CSC2CCCC2)cn1. The van der Waals surface area contributed by atoms with Crippen molar-refractivity contribution in [1.29, 1.82) is 0 Å². The summed E-state index contributed by atoms with van der Waals surface area (Å²) in [6.07, 6.45) is 6.91. The topological polar surface area (TPSA) is 30.0 Å². The van der Waals surface area contributed by atoms with Crippen LogP contribution in [0, 0.1) is 6.92 Å². The lowest BCUT2D eigenvalue weighted by molar-refractivity contribution is 0.102. The molecule has 16 heavy (non-hydrogen) atoms. The highest BCUT2D eigenvalue weighted by Gasteiger charge is 2.17. The number of aromatic nitrogens is 1. The Kier molecular flexibility index (Phi) is 3.99. The van der Waals surface area contributed by atoms with Crippen molar-refractivity contribution >= 4 is 17.5 Å². The second kappa shape index (κ2) is 5.48. The highest BCUT2D eigenvalue weighted by molar-refractivity contribution is 8.00. The normalized spacial score (nSPS) is 16.6. The molecule has 0 aromatic carbocycles. The summed E-state index contributed by atoms with van der Waals surface area (Å²) in [6.45, 7) is 1.93. The third-order valence-electron chi connectivity index (χ3n) is 2.99. The van der Waals surface area contributed by atoms with Gasteiger partial charge in [0, 0.05) is 22.7 Å². The van der Waals surface area contributed by atoms with E-state index in [-0.39, 0.29) is 5.78 Å². The van der Waals surface area contributed by atoms with Crippen LogP contribution < -0.4 is 0 Å². The first-order valence-electron chi connectivity index (χ1n) is 5.83. The summed E-state index contributed by atoms with van der Waals surface area (Å²) in [5, 5.41) is 0.711. The monoisotopic (exact) mass is 235 g/mol. The molecule has 2 nitrogen and oxygen atoms in total. The number of carbonyl (C=O) groups is 1. The van der Waals surface area contributed by atoms with Gasteiger partial charge in [-0.25, -0.2) is 0 Å². The quantitative estimate of drug-likeness (QED) is 0.750. The van der Waals surface area contributed by atoms with Crippen LogP contribution in [0.1, 0.15) is 41.7 Å². The molecular weight excluding hydrogens is 218 g/mol. The summed E-state index contributed by atoms with van der Waals surface area (Å²) in [6, 6.07) is 3.77. The standard InChI is InChI=1S/C13H17NOS/c1-10-6-7-11(8-14-10)13(15)9-16-12-4-2-3-5-12/h6-8,12H,2-5,9H2,1H3. The molecular formula is C13H17NOS. The van der Waals surface area contributed by atoms with E-state index in [1.807, 2.05) is 30.8 Å². The fourth-order valence-corrected chi connectivity index (χ4v) is 3.19. The summed E-state index contributed by atoms with van der Waals surface area (Å²) >= 11 is 1.81. The van der Waals surface area contributed by atoms with Crippen molar-refractivity contribution in [2.24, 2.45) is 0 Å². The Morgan fingerprint density at radius 1 is 1.44 bits per heavy atom. The van der Waals surface area contributed by atoms with Gasteiger partial charge in [0.1, 0.15) is 0 Å². The highest BCUT2D eigenvalue weighted by Crippen LogP contribution is 2.29. The van der Waals surface area contributed by atoms with Crippen LogP contribution in [0.3, 0.4) is 0 Å². The van der Waals surface area contributed by atoms with Crippen LogP contribution in [0.4, 0.5) is 0 Å². The van der Waals surface area contributed by atoms with E-state index in [2.05, 4.69) is 4.98 Å². The van der Waals surface area contributed by atoms with E-state index in [1.54, 1.807) is 6.20 Å². The molecule has 86 valence electrons. The lowest BCUT2D eigenvalue weighted by Crippen LogP contribution is -2.07. The lowest BCUT2D eigenvalue weighted by Gasteiger charge is -2.07. The van der Waals surface area contributed by atoms with Gasteiger partial charge >= 0.3 is 0 Å². The predicted molar refractivity (Wildman–Crippen MR) is 68.0 cm³/mol. The number of rotatable bonds is 4. The van der Waals surface area contributed by atoms with E-state index in [0.29, 0.717) is 11.0 Å². The van der Waals surface area contributed by atoms with Gasteiger partial charge in [-0.1, -0.05) is 12.8 Å². The third-order valence-corrected chi connectivity index (χ3v) is 4.36. The molecule has 0 bridgehead atoms. The van der Waals surface area contributed by atoms with Crippen molar-refractivity contribution in [3.8, 4) is 0 Å².